The third kappa shape index (κ3) is 2.89. The molecule has 1 aliphatic rings. The molecule has 1 saturated carbocycles. The number of aromatic nitrogens is 1. The van der Waals surface area contributed by atoms with Gasteiger partial charge in [-0.05, 0) is 24.8 Å². The summed E-state index contributed by atoms with van der Waals surface area (Å²) in [5.41, 5.74) is 10.2. The molecule has 0 saturated heterocycles. The fourth-order valence-corrected chi connectivity index (χ4v) is 2.81. The number of hydrogen-bond donors (Lipinski definition) is 1. The van der Waals surface area contributed by atoms with Crippen LogP contribution >= 0.6 is 11.3 Å². The zero-order valence-electron chi connectivity index (χ0n) is 8.98. The maximum atomic E-state index is 5.83. The number of nitrogens with two attached hydrogens (primary N) is 1. The average Bonchev–Trinajstić information content (AvgIpc) is 2.80. The first-order chi connectivity index (χ1) is 7.40. The molecule has 1 heterocycles. The molecule has 0 amide bonds. The monoisotopic (exact) mass is 222 g/mol. The van der Waals surface area contributed by atoms with Crippen LogP contribution in [-0.4, -0.2) is 11.5 Å². The highest BCUT2D eigenvalue weighted by Crippen LogP contribution is 2.30. The second kappa shape index (κ2) is 5.42. The fraction of sp³-hybridized carbons (Fsp3) is 0.583. The maximum absolute atomic E-state index is 5.83. The van der Waals surface area contributed by atoms with E-state index in [0.717, 1.165) is 5.69 Å². The lowest BCUT2D eigenvalue weighted by Gasteiger charge is -2.23. The second-order valence-corrected chi connectivity index (χ2v) is 4.89. The Labute approximate surface area is 95.2 Å². The third-order valence-electron chi connectivity index (χ3n) is 3.15. The Bertz CT molecular complexity index is 310. The number of thiazole rings is 1. The molecule has 1 aromatic heterocycles. The van der Waals surface area contributed by atoms with Gasteiger partial charge in [0, 0.05) is 11.9 Å². The van der Waals surface area contributed by atoms with Crippen LogP contribution in [0, 0.1) is 5.92 Å². The molecular formula is C12H18N2S. The Kier molecular flexibility index (Phi) is 3.92. The predicted molar refractivity (Wildman–Crippen MR) is 65.7 cm³/mol. The number of rotatable bonds is 3. The lowest BCUT2D eigenvalue weighted by atomic mass is 9.83. The van der Waals surface area contributed by atoms with Gasteiger partial charge in [0.25, 0.3) is 0 Å². The van der Waals surface area contributed by atoms with E-state index in [-0.39, 0.29) is 0 Å². The minimum absolute atomic E-state index is 0.683. The molecule has 0 aliphatic heterocycles. The molecule has 15 heavy (non-hydrogen) atoms. The van der Waals surface area contributed by atoms with Crippen LogP contribution in [0.25, 0.3) is 6.08 Å². The van der Waals surface area contributed by atoms with E-state index in [1.807, 2.05) is 5.51 Å². The van der Waals surface area contributed by atoms with Crippen molar-refractivity contribution in [3.63, 3.8) is 0 Å². The van der Waals surface area contributed by atoms with E-state index in [2.05, 4.69) is 16.4 Å². The van der Waals surface area contributed by atoms with Crippen LogP contribution in [0.15, 0.2) is 16.5 Å². The van der Waals surface area contributed by atoms with Crippen molar-refractivity contribution in [3.8, 4) is 0 Å². The molecule has 0 unspecified atom stereocenters. The highest BCUT2D eigenvalue weighted by Gasteiger charge is 2.16. The summed E-state index contributed by atoms with van der Waals surface area (Å²) < 4.78 is 0. The van der Waals surface area contributed by atoms with Crippen LogP contribution in [-0.2, 0) is 0 Å². The largest absolute Gasteiger partial charge is 0.327 e. The van der Waals surface area contributed by atoms with Gasteiger partial charge in [-0.1, -0.05) is 24.8 Å². The summed E-state index contributed by atoms with van der Waals surface area (Å²) in [4.78, 5) is 4.29. The molecule has 0 aromatic carbocycles. The molecule has 1 aliphatic carbocycles. The second-order valence-electron chi connectivity index (χ2n) is 4.17. The first kappa shape index (κ1) is 10.8. The predicted octanol–water partition coefficient (Wildman–Crippen LogP) is 3.07. The van der Waals surface area contributed by atoms with Gasteiger partial charge in [0.2, 0.25) is 0 Å². The van der Waals surface area contributed by atoms with Gasteiger partial charge in [0.05, 0.1) is 11.2 Å². The fourth-order valence-electron chi connectivity index (χ4n) is 2.30. The summed E-state index contributed by atoms with van der Waals surface area (Å²) in [6.07, 6.45) is 8.93. The molecule has 0 spiro atoms. The zero-order valence-corrected chi connectivity index (χ0v) is 9.80. The third-order valence-corrected chi connectivity index (χ3v) is 3.75. The van der Waals surface area contributed by atoms with Gasteiger partial charge in [0.1, 0.15) is 0 Å². The smallest absolute Gasteiger partial charge is 0.0798 e. The van der Waals surface area contributed by atoms with Gasteiger partial charge < -0.3 is 5.73 Å². The summed E-state index contributed by atoms with van der Waals surface area (Å²) in [7, 11) is 0. The van der Waals surface area contributed by atoms with Gasteiger partial charge in [-0.15, -0.1) is 11.3 Å². The Morgan fingerprint density at radius 1 is 1.47 bits per heavy atom. The average molecular weight is 222 g/mol. The summed E-state index contributed by atoms with van der Waals surface area (Å²) in [6.45, 7) is 0.683. The molecular weight excluding hydrogens is 204 g/mol. The van der Waals surface area contributed by atoms with E-state index in [9.17, 15) is 0 Å². The van der Waals surface area contributed by atoms with Crippen molar-refractivity contribution in [3.05, 3.63) is 22.2 Å². The standard InChI is InChI=1S/C12H18N2S/c13-7-11(6-12-8-15-9-14-12)10-4-2-1-3-5-10/h6,8-10H,1-5,7,13H2. The topological polar surface area (TPSA) is 38.9 Å². The van der Waals surface area contributed by atoms with E-state index in [1.165, 1.54) is 37.7 Å². The van der Waals surface area contributed by atoms with Crippen LogP contribution < -0.4 is 5.73 Å². The minimum atomic E-state index is 0.683. The van der Waals surface area contributed by atoms with Crippen molar-refractivity contribution in [2.24, 2.45) is 11.7 Å². The van der Waals surface area contributed by atoms with Crippen molar-refractivity contribution < 1.29 is 0 Å². The summed E-state index contributed by atoms with van der Waals surface area (Å²) >= 11 is 1.64. The Balaban J connectivity index is 2.08. The molecule has 1 aromatic rings. The van der Waals surface area contributed by atoms with Crippen LogP contribution in [0.1, 0.15) is 37.8 Å². The summed E-state index contributed by atoms with van der Waals surface area (Å²) in [5.74, 6) is 0.713. The lowest BCUT2D eigenvalue weighted by Crippen LogP contribution is -2.16. The zero-order chi connectivity index (χ0) is 10.5. The van der Waals surface area contributed by atoms with Crippen molar-refractivity contribution >= 4 is 17.4 Å². The van der Waals surface area contributed by atoms with Crippen LogP contribution in [0.3, 0.4) is 0 Å². The Hall–Kier alpha value is -0.670. The first-order valence-electron chi connectivity index (χ1n) is 5.69. The molecule has 0 bridgehead atoms. The van der Waals surface area contributed by atoms with Gasteiger partial charge in [-0.3, -0.25) is 0 Å². The summed E-state index contributed by atoms with van der Waals surface area (Å²) in [6, 6.07) is 0. The molecule has 0 atom stereocenters. The van der Waals surface area contributed by atoms with Crippen molar-refractivity contribution in [2.75, 3.05) is 6.54 Å². The van der Waals surface area contributed by atoms with Crippen LogP contribution in [0.2, 0.25) is 0 Å². The highest BCUT2D eigenvalue weighted by molar-refractivity contribution is 7.07. The highest BCUT2D eigenvalue weighted by atomic mass is 32.1. The minimum Gasteiger partial charge on any atom is -0.327 e. The molecule has 82 valence electrons. The van der Waals surface area contributed by atoms with Gasteiger partial charge in [-0.25, -0.2) is 4.98 Å². The molecule has 0 radical (unpaired) electrons. The first-order valence-corrected chi connectivity index (χ1v) is 6.63. The Morgan fingerprint density at radius 3 is 2.87 bits per heavy atom. The van der Waals surface area contributed by atoms with Crippen molar-refractivity contribution in [1.82, 2.24) is 4.98 Å². The molecule has 2 rings (SSSR count). The lowest BCUT2D eigenvalue weighted by molar-refractivity contribution is 0.401. The van der Waals surface area contributed by atoms with Crippen LogP contribution in [0.5, 0.6) is 0 Å². The number of hydrogen-bond acceptors (Lipinski definition) is 3. The van der Waals surface area contributed by atoms with E-state index in [0.29, 0.717) is 12.5 Å². The molecule has 2 N–H and O–H groups in total. The number of nitrogens with zero attached hydrogens (tertiary/aromatic N) is 1. The Morgan fingerprint density at radius 2 is 2.27 bits per heavy atom. The molecule has 3 heteroatoms. The van der Waals surface area contributed by atoms with E-state index in [1.54, 1.807) is 11.3 Å². The normalized spacial score (nSPS) is 19.4. The van der Waals surface area contributed by atoms with Crippen LogP contribution in [0.4, 0.5) is 0 Å². The maximum Gasteiger partial charge on any atom is 0.0798 e. The SMILES string of the molecule is NCC(=Cc1cscn1)C1CCCCC1. The van der Waals surface area contributed by atoms with Crippen molar-refractivity contribution in [2.45, 2.75) is 32.1 Å². The molecule has 1 fully saturated rings. The van der Waals surface area contributed by atoms with Crippen molar-refractivity contribution in [1.29, 1.82) is 0 Å². The van der Waals surface area contributed by atoms with E-state index < -0.39 is 0 Å². The molecule has 2 nitrogen and oxygen atoms in total. The quantitative estimate of drug-likeness (QED) is 0.853. The van der Waals surface area contributed by atoms with Gasteiger partial charge in [0.15, 0.2) is 0 Å². The van der Waals surface area contributed by atoms with Gasteiger partial charge >= 0.3 is 0 Å². The van der Waals surface area contributed by atoms with Gasteiger partial charge in [-0.2, -0.15) is 0 Å². The van der Waals surface area contributed by atoms with E-state index >= 15 is 0 Å². The summed E-state index contributed by atoms with van der Waals surface area (Å²) in [5, 5.41) is 2.08. The van der Waals surface area contributed by atoms with E-state index in [4.69, 9.17) is 5.73 Å².